The van der Waals surface area contributed by atoms with Crippen molar-refractivity contribution >= 4 is 33.5 Å². The number of hydrogen-bond donors (Lipinski definition) is 3. The Morgan fingerprint density at radius 1 is 1.20 bits per heavy atom. The first-order chi connectivity index (χ1) is 9.54. The number of nitrogens with one attached hydrogen (secondary N) is 2. The minimum absolute atomic E-state index is 0.371. The molecule has 0 saturated carbocycles. The molecule has 1 unspecified atom stereocenters. The van der Waals surface area contributed by atoms with E-state index in [1.807, 2.05) is 0 Å². The number of carbonyl (C=O) groups excluding carboxylic acids is 1. The number of aliphatic hydroxyl groups excluding tert-OH is 1. The Labute approximate surface area is 125 Å². The number of hydrogen-bond acceptors (Lipinski definition) is 3. The Morgan fingerprint density at radius 3 is 2.45 bits per heavy atom. The summed E-state index contributed by atoms with van der Waals surface area (Å²) >= 11 is 3.27. The average Bonchev–Trinajstić information content (AvgIpc) is 2.42. The van der Waals surface area contributed by atoms with Crippen LogP contribution in [-0.4, -0.2) is 16.1 Å². The van der Waals surface area contributed by atoms with Crippen LogP contribution in [0.1, 0.15) is 18.6 Å². The standard InChI is InChI=1S/C14H14BrN3O2/c1-9(19)10-2-5-12(6-3-10)17-14(20)18-13-7-4-11(15)8-16-13/h2-9,19H,1H3,(H2,16,17,18,20). The Hall–Kier alpha value is -1.92. The van der Waals surface area contributed by atoms with Crippen molar-refractivity contribution in [3.63, 3.8) is 0 Å². The van der Waals surface area contributed by atoms with Gasteiger partial charge in [0.25, 0.3) is 0 Å². The van der Waals surface area contributed by atoms with Crippen LogP contribution in [0.15, 0.2) is 47.1 Å². The minimum Gasteiger partial charge on any atom is -0.389 e. The van der Waals surface area contributed by atoms with Crippen LogP contribution < -0.4 is 10.6 Å². The third-order valence-corrected chi connectivity index (χ3v) is 3.09. The number of urea groups is 1. The van der Waals surface area contributed by atoms with Crippen LogP contribution >= 0.6 is 15.9 Å². The normalized spacial score (nSPS) is 11.8. The predicted molar refractivity (Wildman–Crippen MR) is 81.7 cm³/mol. The van der Waals surface area contributed by atoms with Crippen molar-refractivity contribution in [1.82, 2.24) is 4.98 Å². The highest BCUT2D eigenvalue weighted by atomic mass is 79.9. The average molecular weight is 336 g/mol. The fraction of sp³-hybridized carbons (Fsp3) is 0.143. The second kappa shape index (κ2) is 6.49. The summed E-state index contributed by atoms with van der Waals surface area (Å²) in [6, 6.07) is 10.1. The maximum atomic E-state index is 11.8. The number of rotatable bonds is 3. The number of anilines is 2. The van der Waals surface area contributed by atoms with Crippen LogP contribution in [0.25, 0.3) is 0 Å². The van der Waals surface area contributed by atoms with Crippen molar-refractivity contribution in [2.24, 2.45) is 0 Å². The number of aliphatic hydroxyl groups is 1. The maximum Gasteiger partial charge on any atom is 0.324 e. The molecule has 2 aromatic rings. The second-order valence-corrected chi connectivity index (χ2v) is 5.15. The van der Waals surface area contributed by atoms with E-state index < -0.39 is 6.10 Å². The van der Waals surface area contributed by atoms with Gasteiger partial charge in [-0.05, 0) is 52.7 Å². The van der Waals surface area contributed by atoms with E-state index in [1.54, 1.807) is 49.5 Å². The van der Waals surface area contributed by atoms with Crippen LogP contribution in [0.4, 0.5) is 16.3 Å². The van der Waals surface area contributed by atoms with E-state index >= 15 is 0 Å². The van der Waals surface area contributed by atoms with Crippen LogP contribution in [0.3, 0.4) is 0 Å². The smallest absolute Gasteiger partial charge is 0.324 e. The van der Waals surface area contributed by atoms with E-state index in [-0.39, 0.29) is 6.03 Å². The minimum atomic E-state index is -0.523. The van der Waals surface area contributed by atoms with Gasteiger partial charge < -0.3 is 10.4 Å². The lowest BCUT2D eigenvalue weighted by Gasteiger charge is -2.09. The van der Waals surface area contributed by atoms with Crippen molar-refractivity contribution in [3.8, 4) is 0 Å². The van der Waals surface area contributed by atoms with Crippen molar-refractivity contribution in [2.45, 2.75) is 13.0 Å². The van der Waals surface area contributed by atoms with Crippen LogP contribution in [0.5, 0.6) is 0 Å². The molecule has 0 spiro atoms. The van der Waals surface area contributed by atoms with Crippen molar-refractivity contribution < 1.29 is 9.90 Å². The number of amides is 2. The van der Waals surface area contributed by atoms with E-state index in [1.165, 1.54) is 0 Å². The third kappa shape index (κ3) is 4.04. The molecule has 1 aromatic heterocycles. The van der Waals surface area contributed by atoms with Gasteiger partial charge in [0.2, 0.25) is 0 Å². The highest BCUT2D eigenvalue weighted by Crippen LogP contribution is 2.16. The van der Waals surface area contributed by atoms with Gasteiger partial charge >= 0.3 is 6.03 Å². The highest BCUT2D eigenvalue weighted by molar-refractivity contribution is 9.10. The fourth-order valence-corrected chi connectivity index (χ4v) is 1.81. The van der Waals surface area contributed by atoms with Gasteiger partial charge in [-0.2, -0.15) is 0 Å². The molecule has 1 aromatic carbocycles. The van der Waals surface area contributed by atoms with E-state index in [4.69, 9.17) is 0 Å². The molecule has 2 amide bonds. The lowest BCUT2D eigenvalue weighted by atomic mass is 10.1. The number of pyridine rings is 1. The quantitative estimate of drug-likeness (QED) is 0.803. The topological polar surface area (TPSA) is 74.2 Å². The summed E-state index contributed by atoms with van der Waals surface area (Å²) < 4.78 is 0.845. The zero-order valence-corrected chi connectivity index (χ0v) is 12.4. The van der Waals surface area contributed by atoms with E-state index in [0.717, 1.165) is 10.0 Å². The summed E-state index contributed by atoms with van der Waals surface area (Å²) in [5, 5.41) is 14.7. The van der Waals surface area contributed by atoms with Crippen LogP contribution in [0.2, 0.25) is 0 Å². The summed E-state index contributed by atoms with van der Waals surface area (Å²) in [7, 11) is 0. The fourth-order valence-electron chi connectivity index (χ4n) is 1.57. The van der Waals surface area contributed by atoms with Gasteiger partial charge in [0.1, 0.15) is 5.82 Å². The number of nitrogens with zero attached hydrogens (tertiary/aromatic N) is 1. The van der Waals surface area contributed by atoms with Gasteiger partial charge in [0.15, 0.2) is 0 Å². The van der Waals surface area contributed by atoms with Gasteiger partial charge in [0, 0.05) is 16.4 Å². The molecular formula is C14H14BrN3O2. The van der Waals surface area contributed by atoms with Gasteiger partial charge in [-0.1, -0.05) is 12.1 Å². The van der Waals surface area contributed by atoms with Gasteiger partial charge in [0.05, 0.1) is 6.10 Å². The first-order valence-electron chi connectivity index (χ1n) is 6.02. The Bertz CT molecular complexity index is 582. The molecule has 0 aliphatic carbocycles. The van der Waals surface area contributed by atoms with Crippen LogP contribution in [0, 0.1) is 0 Å². The summed E-state index contributed by atoms with van der Waals surface area (Å²) in [5.41, 5.74) is 1.44. The molecule has 20 heavy (non-hydrogen) atoms. The molecule has 0 aliphatic rings. The first-order valence-corrected chi connectivity index (χ1v) is 6.81. The lowest BCUT2D eigenvalue weighted by molar-refractivity contribution is 0.199. The maximum absolute atomic E-state index is 11.8. The monoisotopic (exact) mass is 335 g/mol. The summed E-state index contributed by atoms with van der Waals surface area (Å²) in [4.78, 5) is 15.8. The van der Waals surface area contributed by atoms with Crippen LogP contribution in [-0.2, 0) is 0 Å². The zero-order valence-electron chi connectivity index (χ0n) is 10.8. The van der Waals surface area contributed by atoms with Gasteiger partial charge in [-0.3, -0.25) is 5.32 Å². The molecule has 0 saturated heterocycles. The van der Waals surface area contributed by atoms with Crippen molar-refractivity contribution in [2.75, 3.05) is 10.6 Å². The molecule has 1 atom stereocenters. The molecule has 0 radical (unpaired) electrons. The molecule has 0 fully saturated rings. The first kappa shape index (κ1) is 14.5. The number of carbonyl (C=O) groups is 1. The Morgan fingerprint density at radius 2 is 1.90 bits per heavy atom. The summed E-state index contributed by atoms with van der Waals surface area (Å²) in [5.74, 6) is 0.464. The number of benzene rings is 1. The number of halogens is 1. The molecule has 0 bridgehead atoms. The molecule has 5 nitrogen and oxygen atoms in total. The highest BCUT2D eigenvalue weighted by Gasteiger charge is 2.05. The molecule has 6 heteroatoms. The molecule has 1 heterocycles. The molecular weight excluding hydrogens is 322 g/mol. The summed E-state index contributed by atoms with van der Waals surface area (Å²) in [6.07, 6.45) is 1.08. The predicted octanol–water partition coefficient (Wildman–Crippen LogP) is 3.54. The van der Waals surface area contributed by atoms with E-state index in [0.29, 0.717) is 11.5 Å². The van der Waals surface area contributed by atoms with Gasteiger partial charge in [-0.15, -0.1) is 0 Å². The molecule has 2 rings (SSSR count). The van der Waals surface area contributed by atoms with E-state index in [2.05, 4.69) is 31.5 Å². The Kier molecular flexibility index (Phi) is 4.70. The van der Waals surface area contributed by atoms with E-state index in [9.17, 15) is 9.90 Å². The van der Waals surface area contributed by atoms with Crippen molar-refractivity contribution in [3.05, 3.63) is 52.6 Å². The van der Waals surface area contributed by atoms with Gasteiger partial charge in [-0.25, -0.2) is 9.78 Å². The second-order valence-electron chi connectivity index (χ2n) is 4.24. The molecule has 3 N–H and O–H groups in total. The Balaban J connectivity index is 1.95. The molecule has 104 valence electrons. The SMILES string of the molecule is CC(O)c1ccc(NC(=O)Nc2ccc(Br)cn2)cc1. The molecule has 0 aliphatic heterocycles. The summed E-state index contributed by atoms with van der Waals surface area (Å²) in [6.45, 7) is 1.69. The van der Waals surface area contributed by atoms with Crippen molar-refractivity contribution in [1.29, 1.82) is 0 Å². The lowest BCUT2D eigenvalue weighted by Crippen LogP contribution is -2.20. The largest absolute Gasteiger partial charge is 0.389 e. The number of aromatic nitrogens is 1. The third-order valence-electron chi connectivity index (χ3n) is 2.62. The zero-order chi connectivity index (χ0) is 14.5.